The van der Waals surface area contributed by atoms with Crippen LogP contribution in [0.3, 0.4) is 0 Å². The van der Waals surface area contributed by atoms with Gasteiger partial charge >= 0.3 is 0 Å². The van der Waals surface area contributed by atoms with Crippen LogP contribution in [-0.2, 0) is 16.0 Å². The van der Waals surface area contributed by atoms with Crippen LogP contribution in [0.25, 0.3) is 0 Å². The molecule has 2 saturated heterocycles. The van der Waals surface area contributed by atoms with Gasteiger partial charge in [0.25, 0.3) is 5.91 Å². The molecule has 4 rings (SSSR count). The maximum Gasteiger partial charge on any atom is 0.253 e. The van der Waals surface area contributed by atoms with E-state index in [2.05, 4.69) is 5.32 Å². The predicted octanol–water partition coefficient (Wildman–Crippen LogP) is 1.95. The highest BCUT2D eigenvalue weighted by molar-refractivity contribution is 8.00. The molecule has 0 radical (unpaired) electrons. The smallest absolute Gasteiger partial charge is 0.253 e. The van der Waals surface area contributed by atoms with Gasteiger partial charge in [-0.3, -0.25) is 14.4 Å². The number of halogens is 1. The first kappa shape index (κ1) is 21.4. The van der Waals surface area contributed by atoms with Crippen molar-refractivity contribution in [3.63, 3.8) is 0 Å². The molecule has 0 aromatic heterocycles. The molecule has 2 aliphatic heterocycles. The molecule has 162 valence electrons. The van der Waals surface area contributed by atoms with Crippen LogP contribution in [0.1, 0.15) is 15.9 Å². The molecule has 2 aromatic carbocycles. The minimum Gasteiger partial charge on any atom is -0.343 e. The highest BCUT2D eigenvalue weighted by atomic mass is 32.2. The normalized spacial score (nSPS) is 21.5. The van der Waals surface area contributed by atoms with Gasteiger partial charge in [-0.05, 0) is 30.2 Å². The van der Waals surface area contributed by atoms with E-state index in [1.807, 2.05) is 18.2 Å². The van der Waals surface area contributed by atoms with Gasteiger partial charge in [-0.15, -0.1) is 11.8 Å². The van der Waals surface area contributed by atoms with Crippen molar-refractivity contribution in [2.24, 2.45) is 0 Å². The topological polar surface area (TPSA) is 69.7 Å². The molecule has 6 nitrogen and oxygen atoms in total. The van der Waals surface area contributed by atoms with Gasteiger partial charge in [-0.1, -0.05) is 36.4 Å². The lowest BCUT2D eigenvalue weighted by molar-refractivity contribution is -0.137. The molecule has 0 bridgehead atoms. The number of carbonyl (C=O) groups excluding carboxylic acids is 3. The second-order valence-electron chi connectivity index (χ2n) is 7.66. The van der Waals surface area contributed by atoms with Gasteiger partial charge in [0.15, 0.2) is 0 Å². The Morgan fingerprint density at radius 3 is 2.29 bits per heavy atom. The van der Waals surface area contributed by atoms with Gasteiger partial charge < -0.3 is 15.1 Å². The fourth-order valence-corrected chi connectivity index (χ4v) is 5.02. The first-order valence-electron chi connectivity index (χ1n) is 10.3. The van der Waals surface area contributed by atoms with Crippen molar-refractivity contribution in [3.8, 4) is 0 Å². The van der Waals surface area contributed by atoms with Crippen LogP contribution < -0.4 is 5.32 Å². The maximum atomic E-state index is 13.9. The number of hydrogen-bond acceptors (Lipinski definition) is 4. The summed E-state index contributed by atoms with van der Waals surface area (Å²) in [5.74, 6) is -0.276. The average molecular weight is 442 g/mol. The zero-order chi connectivity index (χ0) is 21.8. The summed E-state index contributed by atoms with van der Waals surface area (Å²) < 4.78 is 13.9. The summed E-state index contributed by atoms with van der Waals surface area (Å²) in [5.41, 5.74) is 1.14. The number of rotatable bonds is 4. The van der Waals surface area contributed by atoms with E-state index in [-0.39, 0.29) is 23.5 Å². The van der Waals surface area contributed by atoms with Gasteiger partial charge in [0.1, 0.15) is 11.9 Å². The number of thioether (sulfide) groups is 1. The number of nitrogens with one attached hydrogen (secondary N) is 1. The van der Waals surface area contributed by atoms with Crippen molar-refractivity contribution in [1.29, 1.82) is 0 Å². The first-order chi connectivity index (χ1) is 15.0. The Balaban J connectivity index is 1.29. The summed E-state index contributed by atoms with van der Waals surface area (Å²) in [6.07, 6.45) is 0.296. The summed E-state index contributed by atoms with van der Waals surface area (Å²) in [6, 6.07) is 14.9. The Labute approximate surface area is 184 Å². The Morgan fingerprint density at radius 2 is 1.61 bits per heavy atom. The Kier molecular flexibility index (Phi) is 6.56. The Hall–Kier alpha value is -2.87. The molecule has 0 saturated carbocycles. The minimum atomic E-state index is -0.592. The maximum absolute atomic E-state index is 13.9. The first-order valence-corrected chi connectivity index (χ1v) is 11.4. The van der Waals surface area contributed by atoms with Crippen molar-refractivity contribution >= 4 is 29.5 Å². The number of hydrogen-bond donors (Lipinski definition) is 1. The molecule has 2 fully saturated rings. The van der Waals surface area contributed by atoms with E-state index in [1.165, 1.54) is 17.8 Å². The van der Waals surface area contributed by atoms with E-state index in [1.54, 1.807) is 40.1 Å². The number of piperazine rings is 1. The largest absolute Gasteiger partial charge is 0.343 e. The number of benzene rings is 2. The van der Waals surface area contributed by atoms with E-state index in [0.29, 0.717) is 49.5 Å². The second-order valence-corrected chi connectivity index (χ2v) is 8.90. The van der Waals surface area contributed by atoms with Crippen molar-refractivity contribution in [1.82, 2.24) is 15.1 Å². The van der Waals surface area contributed by atoms with Crippen LogP contribution in [0.2, 0.25) is 0 Å². The standard InChI is InChI=1S/C23H24FN3O3S/c24-18-9-5-4-8-17(18)14-20-21(28)25-19(15-31-20)23(30)27-12-10-26(11-13-27)22(29)16-6-2-1-3-7-16/h1-9,19-20H,10-15H2,(H,25,28). The molecule has 2 heterocycles. The molecule has 0 spiro atoms. The third-order valence-corrected chi connectivity index (χ3v) is 6.94. The molecule has 3 amide bonds. The van der Waals surface area contributed by atoms with Crippen molar-refractivity contribution < 1.29 is 18.8 Å². The van der Waals surface area contributed by atoms with Crippen LogP contribution in [0.15, 0.2) is 54.6 Å². The van der Waals surface area contributed by atoms with Crippen molar-refractivity contribution in [2.75, 3.05) is 31.9 Å². The number of carbonyl (C=O) groups is 3. The molecule has 8 heteroatoms. The minimum absolute atomic E-state index is 0.0368. The molecular formula is C23H24FN3O3S. The van der Waals surface area contributed by atoms with Crippen molar-refractivity contribution in [2.45, 2.75) is 17.7 Å². The molecule has 31 heavy (non-hydrogen) atoms. The summed E-state index contributed by atoms with van der Waals surface area (Å²) in [4.78, 5) is 41.4. The van der Waals surface area contributed by atoms with Gasteiger partial charge in [0.2, 0.25) is 11.8 Å². The summed E-state index contributed by atoms with van der Waals surface area (Å²) in [7, 11) is 0. The average Bonchev–Trinajstić information content (AvgIpc) is 2.81. The highest BCUT2D eigenvalue weighted by Crippen LogP contribution is 2.24. The molecular weight excluding hydrogens is 417 g/mol. The van der Waals surface area contributed by atoms with Crippen LogP contribution in [-0.4, -0.2) is 70.7 Å². The fourth-order valence-electron chi connectivity index (χ4n) is 3.86. The van der Waals surface area contributed by atoms with E-state index >= 15 is 0 Å². The zero-order valence-corrected chi connectivity index (χ0v) is 17.8. The summed E-state index contributed by atoms with van der Waals surface area (Å²) in [6.45, 7) is 1.80. The Bertz CT molecular complexity index is 964. The molecule has 2 aliphatic rings. The number of amides is 3. The van der Waals surface area contributed by atoms with Crippen molar-refractivity contribution in [3.05, 3.63) is 71.5 Å². The van der Waals surface area contributed by atoms with E-state index in [4.69, 9.17) is 0 Å². The zero-order valence-electron chi connectivity index (χ0n) is 17.0. The highest BCUT2D eigenvalue weighted by Gasteiger charge is 2.36. The van der Waals surface area contributed by atoms with Gasteiger partial charge in [0, 0.05) is 37.5 Å². The third-order valence-electron chi connectivity index (χ3n) is 5.63. The van der Waals surface area contributed by atoms with E-state index < -0.39 is 11.3 Å². The van der Waals surface area contributed by atoms with Gasteiger partial charge in [-0.2, -0.15) is 0 Å². The molecule has 1 N–H and O–H groups in total. The van der Waals surface area contributed by atoms with Crippen LogP contribution in [0.4, 0.5) is 4.39 Å². The van der Waals surface area contributed by atoms with Gasteiger partial charge in [-0.25, -0.2) is 4.39 Å². The predicted molar refractivity (Wildman–Crippen MR) is 117 cm³/mol. The summed E-state index contributed by atoms with van der Waals surface area (Å²) in [5, 5.41) is 2.39. The number of nitrogens with zero attached hydrogens (tertiary/aromatic N) is 2. The lowest BCUT2D eigenvalue weighted by atomic mass is 10.1. The molecule has 2 atom stereocenters. The van der Waals surface area contributed by atoms with E-state index in [0.717, 1.165) is 0 Å². The van der Waals surface area contributed by atoms with Crippen LogP contribution in [0.5, 0.6) is 0 Å². The summed E-state index contributed by atoms with van der Waals surface area (Å²) >= 11 is 1.39. The van der Waals surface area contributed by atoms with Crippen LogP contribution in [0, 0.1) is 5.82 Å². The molecule has 0 aliphatic carbocycles. The monoisotopic (exact) mass is 441 g/mol. The lowest BCUT2D eigenvalue weighted by Crippen LogP contribution is -2.59. The van der Waals surface area contributed by atoms with Crippen LogP contribution >= 0.6 is 11.8 Å². The SMILES string of the molecule is O=C1NC(C(=O)N2CCN(C(=O)c3ccccc3)CC2)CSC1Cc1ccccc1F. The lowest BCUT2D eigenvalue weighted by Gasteiger charge is -2.38. The molecule has 2 unspecified atom stereocenters. The third kappa shape index (κ3) is 4.90. The van der Waals surface area contributed by atoms with Gasteiger partial charge in [0.05, 0.1) is 5.25 Å². The quantitative estimate of drug-likeness (QED) is 0.788. The molecule has 2 aromatic rings. The second kappa shape index (κ2) is 9.51. The Morgan fingerprint density at radius 1 is 0.968 bits per heavy atom. The van der Waals surface area contributed by atoms with E-state index in [9.17, 15) is 18.8 Å². The fraction of sp³-hybridized carbons (Fsp3) is 0.348.